The zero-order valence-corrected chi connectivity index (χ0v) is 17.2. The topological polar surface area (TPSA) is 69.9 Å². The maximum atomic E-state index is 8.97. The molecule has 1 saturated heterocycles. The Hall–Kier alpha value is -1.37. The summed E-state index contributed by atoms with van der Waals surface area (Å²) in [5.41, 5.74) is 1.76. The Balaban J connectivity index is 0.00000312. The van der Waals surface area contributed by atoms with Crippen LogP contribution in [0, 0.1) is 17.2 Å². The molecule has 1 aromatic rings. The van der Waals surface area contributed by atoms with Crippen LogP contribution in [-0.4, -0.2) is 57.9 Å². The molecule has 1 unspecified atom stereocenters. The van der Waals surface area contributed by atoms with E-state index in [1.165, 1.54) is 0 Å². The molecule has 0 radical (unpaired) electrons. The first kappa shape index (κ1) is 21.7. The van der Waals surface area contributed by atoms with Crippen molar-refractivity contribution < 1.29 is 9.47 Å². The zero-order chi connectivity index (χ0) is 17.2. The Kier molecular flexibility index (Phi) is 10.5. The van der Waals surface area contributed by atoms with Crippen molar-refractivity contribution in [2.45, 2.75) is 13.0 Å². The van der Waals surface area contributed by atoms with Gasteiger partial charge in [0.2, 0.25) is 0 Å². The van der Waals surface area contributed by atoms with Gasteiger partial charge in [0.25, 0.3) is 0 Å². The number of halogens is 1. The smallest absolute Gasteiger partial charge is 0.193 e. The Bertz CT molecular complexity index is 589. The van der Waals surface area contributed by atoms with E-state index in [4.69, 9.17) is 14.7 Å². The molecule has 0 amide bonds. The van der Waals surface area contributed by atoms with Crippen LogP contribution < -0.4 is 5.32 Å². The number of aliphatic imine (C=N–C) groups is 1. The largest absolute Gasteiger partial charge is 0.382 e. The summed E-state index contributed by atoms with van der Waals surface area (Å²) in [6.45, 7) is 4.65. The predicted molar refractivity (Wildman–Crippen MR) is 109 cm³/mol. The highest BCUT2D eigenvalue weighted by Gasteiger charge is 2.24. The first-order chi connectivity index (χ1) is 11.8. The molecular formula is C18H27IN4O2. The van der Waals surface area contributed by atoms with Gasteiger partial charge in [-0.2, -0.15) is 5.26 Å². The van der Waals surface area contributed by atoms with Gasteiger partial charge in [-0.25, -0.2) is 0 Å². The van der Waals surface area contributed by atoms with Crippen molar-refractivity contribution in [1.82, 2.24) is 10.2 Å². The molecule has 0 bridgehead atoms. The number of hydrogen-bond donors (Lipinski definition) is 1. The summed E-state index contributed by atoms with van der Waals surface area (Å²) in [7, 11) is 3.49. The minimum Gasteiger partial charge on any atom is -0.382 e. The van der Waals surface area contributed by atoms with Crippen LogP contribution in [0.15, 0.2) is 29.3 Å². The van der Waals surface area contributed by atoms with E-state index in [1.807, 2.05) is 24.3 Å². The number of nitrogens with zero attached hydrogens (tertiary/aromatic N) is 3. The van der Waals surface area contributed by atoms with Gasteiger partial charge in [-0.15, -0.1) is 24.0 Å². The number of likely N-dealkylation sites (tertiary alicyclic amines) is 1. The van der Waals surface area contributed by atoms with E-state index in [-0.39, 0.29) is 24.0 Å². The normalized spacial score (nSPS) is 17.1. The monoisotopic (exact) mass is 458 g/mol. The van der Waals surface area contributed by atoms with Crippen LogP contribution in [0.4, 0.5) is 0 Å². The molecule has 25 heavy (non-hydrogen) atoms. The maximum Gasteiger partial charge on any atom is 0.193 e. The second kappa shape index (κ2) is 12.1. The number of nitriles is 1. The minimum atomic E-state index is 0. The van der Waals surface area contributed by atoms with Gasteiger partial charge in [-0.3, -0.25) is 4.99 Å². The van der Waals surface area contributed by atoms with Crippen LogP contribution in [0.25, 0.3) is 0 Å². The van der Waals surface area contributed by atoms with E-state index in [0.29, 0.717) is 31.2 Å². The van der Waals surface area contributed by atoms with Crippen molar-refractivity contribution in [2.24, 2.45) is 10.9 Å². The number of benzene rings is 1. The molecule has 0 saturated carbocycles. The third-order valence-corrected chi connectivity index (χ3v) is 4.09. The van der Waals surface area contributed by atoms with Gasteiger partial charge >= 0.3 is 0 Å². The molecule has 0 spiro atoms. The summed E-state index contributed by atoms with van der Waals surface area (Å²) < 4.78 is 10.6. The summed E-state index contributed by atoms with van der Waals surface area (Å²) >= 11 is 0. The number of nitrogens with one attached hydrogen (secondary N) is 1. The average Bonchev–Trinajstić information content (AvgIpc) is 3.08. The summed E-state index contributed by atoms with van der Waals surface area (Å²) in [5.74, 6) is 1.43. The summed E-state index contributed by atoms with van der Waals surface area (Å²) in [6.07, 6.45) is 1.11. The lowest BCUT2D eigenvalue weighted by Crippen LogP contribution is -2.39. The number of guanidine groups is 1. The molecule has 7 heteroatoms. The fourth-order valence-corrected chi connectivity index (χ4v) is 2.82. The van der Waals surface area contributed by atoms with Gasteiger partial charge in [-0.05, 0) is 24.1 Å². The van der Waals surface area contributed by atoms with Crippen LogP contribution in [0.3, 0.4) is 0 Å². The predicted octanol–water partition coefficient (Wildman–Crippen LogP) is 2.24. The van der Waals surface area contributed by atoms with Crippen molar-refractivity contribution in [3.05, 3.63) is 35.4 Å². The standard InChI is InChI=1S/C18H26N4O2.HI/c1-20-18(21-12-16-5-3-4-15(10-16)11-19)22-7-6-17(13-22)14-24-9-8-23-2;/h3-5,10,17H,6-9,12-14H2,1-2H3,(H,20,21);1H. The van der Waals surface area contributed by atoms with Gasteiger partial charge in [0, 0.05) is 39.7 Å². The zero-order valence-electron chi connectivity index (χ0n) is 14.9. The van der Waals surface area contributed by atoms with E-state index < -0.39 is 0 Å². The minimum absolute atomic E-state index is 0. The Morgan fingerprint density at radius 3 is 3.00 bits per heavy atom. The lowest BCUT2D eigenvalue weighted by atomic mass is 10.1. The van der Waals surface area contributed by atoms with Crippen molar-refractivity contribution in [3.63, 3.8) is 0 Å². The van der Waals surface area contributed by atoms with E-state index in [1.54, 1.807) is 14.2 Å². The summed E-state index contributed by atoms with van der Waals surface area (Å²) in [4.78, 5) is 6.64. The van der Waals surface area contributed by atoms with Gasteiger partial charge in [0.15, 0.2) is 5.96 Å². The first-order valence-corrected chi connectivity index (χ1v) is 8.28. The van der Waals surface area contributed by atoms with E-state index in [2.05, 4.69) is 21.3 Å². The highest BCUT2D eigenvalue weighted by Crippen LogP contribution is 2.16. The van der Waals surface area contributed by atoms with Crippen molar-refractivity contribution in [3.8, 4) is 6.07 Å². The van der Waals surface area contributed by atoms with Crippen LogP contribution in [0.5, 0.6) is 0 Å². The lowest BCUT2D eigenvalue weighted by molar-refractivity contribution is 0.0536. The van der Waals surface area contributed by atoms with E-state index >= 15 is 0 Å². The average molecular weight is 458 g/mol. The molecule has 138 valence electrons. The first-order valence-electron chi connectivity index (χ1n) is 8.28. The van der Waals surface area contributed by atoms with Crippen LogP contribution in [0.2, 0.25) is 0 Å². The molecule has 1 atom stereocenters. The Morgan fingerprint density at radius 1 is 1.44 bits per heavy atom. The van der Waals surface area contributed by atoms with Gasteiger partial charge in [0.05, 0.1) is 31.5 Å². The Morgan fingerprint density at radius 2 is 2.28 bits per heavy atom. The fourth-order valence-electron chi connectivity index (χ4n) is 2.82. The van der Waals surface area contributed by atoms with Crippen LogP contribution in [0.1, 0.15) is 17.5 Å². The molecule has 2 rings (SSSR count). The molecular weight excluding hydrogens is 431 g/mol. The third kappa shape index (κ3) is 7.18. The summed E-state index contributed by atoms with van der Waals surface area (Å²) in [5, 5.41) is 12.4. The number of hydrogen-bond acceptors (Lipinski definition) is 4. The van der Waals surface area contributed by atoms with E-state index in [0.717, 1.165) is 37.6 Å². The molecule has 1 N–H and O–H groups in total. The lowest BCUT2D eigenvalue weighted by Gasteiger charge is -2.22. The molecule has 1 heterocycles. The SMILES string of the molecule is CN=C(NCc1cccc(C#N)c1)N1CCC(COCCOC)C1.I. The number of rotatable bonds is 7. The molecule has 1 aliphatic heterocycles. The summed E-state index contributed by atoms with van der Waals surface area (Å²) in [6, 6.07) is 9.79. The Labute approximate surface area is 167 Å². The second-order valence-corrected chi connectivity index (χ2v) is 5.88. The van der Waals surface area contributed by atoms with Gasteiger partial charge in [0.1, 0.15) is 0 Å². The third-order valence-electron chi connectivity index (χ3n) is 4.09. The van der Waals surface area contributed by atoms with Crippen molar-refractivity contribution >= 4 is 29.9 Å². The van der Waals surface area contributed by atoms with Crippen LogP contribution in [-0.2, 0) is 16.0 Å². The second-order valence-electron chi connectivity index (χ2n) is 5.88. The van der Waals surface area contributed by atoms with Crippen molar-refractivity contribution in [1.29, 1.82) is 5.26 Å². The molecule has 1 aliphatic rings. The van der Waals surface area contributed by atoms with Crippen LogP contribution >= 0.6 is 24.0 Å². The fraction of sp³-hybridized carbons (Fsp3) is 0.556. The molecule has 0 aliphatic carbocycles. The highest BCUT2D eigenvalue weighted by atomic mass is 127. The number of methoxy groups -OCH3 is 1. The van der Waals surface area contributed by atoms with Gasteiger partial charge < -0.3 is 19.7 Å². The molecule has 1 fully saturated rings. The number of ether oxygens (including phenoxy) is 2. The quantitative estimate of drug-likeness (QED) is 0.294. The van der Waals surface area contributed by atoms with Gasteiger partial charge in [-0.1, -0.05) is 12.1 Å². The van der Waals surface area contributed by atoms with Crippen molar-refractivity contribution in [2.75, 3.05) is 47.1 Å². The molecule has 1 aromatic carbocycles. The highest BCUT2D eigenvalue weighted by molar-refractivity contribution is 14.0. The molecule has 6 nitrogen and oxygen atoms in total. The molecule has 0 aromatic heterocycles. The van der Waals surface area contributed by atoms with E-state index in [9.17, 15) is 0 Å². The maximum absolute atomic E-state index is 8.97.